The van der Waals surface area contributed by atoms with E-state index in [0.717, 1.165) is 17.8 Å². The van der Waals surface area contributed by atoms with Gasteiger partial charge >= 0.3 is 0 Å². The predicted octanol–water partition coefficient (Wildman–Crippen LogP) is 3.09. The second kappa shape index (κ2) is 7.66. The van der Waals surface area contributed by atoms with Crippen molar-refractivity contribution in [2.75, 3.05) is 18.4 Å². The summed E-state index contributed by atoms with van der Waals surface area (Å²) in [6.07, 6.45) is 8.20. The molecule has 1 fully saturated rings. The maximum Gasteiger partial charge on any atom is 0.223 e. The van der Waals surface area contributed by atoms with Crippen molar-refractivity contribution in [3.63, 3.8) is 0 Å². The monoisotopic (exact) mass is 348 g/mol. The molecular weight excluding hydrogens is 324 g/mol. The molecule has 1 saturated heterocycles. The number of likely N-dealkylation sites (tertiary alicyclic amines) is 1. The van der Waals surface area contributed by atoms with E-state index in [1.54, 1.807) is 10.9 Å². The number of benzene rings is 1. The maximum absolute atomic E-state index is 4.59. The first-order valence-electron chi connectivity index (χ1n) is 9.12. The van der Waals surface area contributed by atoms with Crippen molar-refractivity contribution in [2.24, 2.45) is 7.05 Å². The van der Waals surface area contributed by atoms with E-state index in [0.29, 0.717) is 12.5 Å². The Morgan fingerprint density at radius 2 is 1.96 bits per heavy atom. The fourth-order valence-electron chi connectivity index (χ4n) is 3.38. The molecule has 0 unspecified atom stereocenters. The largest absolute Gasteiger partial charge is 0.350 e. The number of aromatic nitrogens is 4. The second-order valence-electron chi connectivity index (χ2n) is 6.82. The summed E-state index contributed by atoms with van der Waals surface area (Å²) < 4.78 is 1.77. The predicted molar refractivity (Wildman–Crippen MR) is 103 cm³/mol. The van der Waals surface area contributed by atoms with Crippen molar-refractivity contribution in [1.29, 1.82) is 0 Å². The molecular formula is C20H24N6. The number of anilines is 1. The Kier molecular flexibility index (Phi) is 4.93. The van der Waals surface area contributed by atoms with E-state index >= 15 is 0 Å². The number of nitrogens with zero attached hydrogens (tertiary/aromatic N) is 5. The highest BCUT2D eigenvalue weighted by atomic mass is 15.2. The Balaban J connectivity index is 1.41. The summed E-state index contributed by atoms with van der Waals surface area (Å²) >= 11 is 0. The Labute approximate surface area is 153 Å². The molecule has 134 valence electrons. The van der Waals surface area contributed by atoms with Crippen molar-refractivity contribution in [3.8, 4) is 11.3 Å². The lowest BCUT2D eigenvalue weighted by Crippen LogP contribution is -2.18. The second-order valence-corrected chi connectivity index (χ2v) is 6.82. The van der Waals surface area contributed by atoms with Crippen LogP contribution in [-0.2, 0) is 20.1 Å². The topological polar surface area (TPSA) is 58.9 Å². The first-order chi connectivity index (χ1) is 12.8. The van der Waals surface area contributed by atoms with E-state index in [4.69, 9.17) is 0 Å². The molecule has 0 bridgehead atoms. The van der Waals surface area contributed by atoms with Crippen molar-refractivity contribution in [3.05, 3.63) is 60.0 Å². The normalized spacial score (nSPS) is 14.7. The van der Waals surface area contributed by atoms with Crippen LogP contribution in [0.5, 0.6) is 0 Å². The van der Waals surface area contributed by atoms with E-state index < -0.39 is 0 Å². The smallest absolute Gasteiger partial charge is 0.223 e. The summed E-state index contributed by atoms with van der Waals surface area (Å²) in [7, 11) is 1.90. The van der Waals surface area contributed by atoms with Crippen LogP contribution < -0.4 is 5.32 Å². The number of hydrogen-bond acceptors (Lipinski definition) is 5. The van der Waals surface area contributed by atoms with Gasteiger partial charge in [0.25, 0.3) is 0 Å². The quantitative estimate of drug-likeness (QED) is 0.742. The molecule has 1 aliphatic rings. The zero-order valence-corrected chi connectivity index (χ0v) is 15.1. The van der Waals surface area contributed by atoms with Gasteiger partial charge in [0.2, 0.25) is 5.95 Å². The minimum atomic E-state index is 0.635. The molecule has 26 heavy (non-hydrogen) atoms. The number of nitrogens with one attached hydrogen (secondary N) is 1. The number of aryl methyl sites for hydroxylation is 1. The minimum absolute atomic E-state index is 0.635. The molecule has 1 aromatic carbocycles. The molecule has 0 saturated carbocycles. The van der Waals surface area contributed by atoms with Gasteiger partial charge < -0.3 is 5.32 Å². The van der Waals surface area contributed by atoms with Gasteiger partial charge in [-0.3, -0.25) is 9.58 Å². The molecule has 6 heteroatoms. The van der Waals surface area contributed by atoms with Gasteiger partial charge in [-0.1, -0.05) is 24.3 Å². The van der Waals surface area contributed by atoms with Gasteiger partial charge in [-0.25, -0.2) is 9.97 Å². The van der Waals surface area contributed by atoms with Crippen LogP contribution in [-0.4, -0.2) is 37.7 Å². The van der Waals surface area contributed by atoms with Crippen LogP contribution in [0.1, 0.15) is 24.0 Å². The van der Waals surface area contributed by atoms with E-state index in [2.05, 4.69) is 49.5 Å². The minimum Gasteiger partial charge on any atom is -0.350 e. The molecule has 0 spiro atoms. The first kappa shape index (κ1) is 16.7. The van der Waals surface area contributed by atoms with E-state index in [1.165, 1.54) is 37.1 Å². The molecule has 0 radical (unpaired) electrons. The summed E-state index contributed by atoms with van der Waals surface area (Å²) in [5, 5.41) is 7.54. The Hall–Kier alpha value is -2.73. The number of rotatable bonds is 6. The molecule has 0 atom stereocenters. The highest BCUT2D eigenvalue weighted by molar-refractivity contribution is 5.57. The van der Waals surface area contributed by atoms with Crippen LogP contribution in [0.4, 0.5) is 5.95 Å². The van der Waals surface area contributed by atoms with Gasteiger partial charge in [0.1, 0.15) is 0 Å². The average Bonchev–Trinajstić information content (AvgIpc) is 3.32. The van der Waals surface area contributed by atoms with Crippen LogP contribution in [0.3, 0.4) is 0 Å². The standard InChI is InChI=1S/C20H24N6/c1-25-15-18(13-23-25)19-7-8-21-20(24-19)22-12-16-5-4-6-17(11-16)14-26-9-2-3-10-26/h4-8,11,13,15H,2-3,9-10,12,14H2,1H3,(H,21,22,24). The Morgan fingerprint density at radius 3 is 2.77 bits per heavy atom. The van der Waals surface area contributed by atoms with Crippen molar-refractivity contribution in [2.45, 2.75) is 25.9 Å². The van der Waals surface area contributed by atoms with Crippen molar-refractivity contribution >= 4 is 5.95 Å². The molecule has 6 nitrogen and oxygen atoms in total. The van der Waals surface area contributed by atoms with Gasteiger partial charge in [0.15, 0.2) is 0 Å². The molecule has 1 N–H and O–H groups in total. The first-order valence-corrected chi connectivity index (χ1v) is 9.12. The zero-order valence-electron chi connectivity index (χ0n) is 15.1. The molecule has 4 rings (SSSR count). The third kappa shape index (κ3) is 4.08. The molecule has 3 heterocycles. The molecule has 2 aromatic heterocycles. The SMILES string of the molecule is Cn1cc(-c2ccnc(NCc3cccc(CN4CCCC4)c3)n2)cn1. The summed E-state index contributed by atoms with van der Waals surface area (Å²) in [6.45, 7) is 4.19. The van der Waals surface area contributed by atoms with Crippen LogP contribution in [0.25, 0.3) is 11.3 Å². The van der Waals surface area contributed by atoms with Crippen molar-refractivity contribution < 1.29 is 0 Å². The van der Waals surface area contributed by atoms with Gasteiger partial charge in [-0.05, 0) is 43.1 Å². The molecule has 0 aliphatic carbocycles. The fourth-order valence-corrected chi connectivity index (χ4v) is 3.38. The fraction of sp³-hybridized carbons (Fsp3) is 0.350. The summed E-state index contributed by atoms with van der Waals surface area (Å²) in [4.78, 5) is 11.4. The van der Waals surface area contributed by atoms with E-state index in [-0.39, 0.29) is 0 Å². The number of hydrogen-bond donors (Lipinski definition) is 1. The van der Waals surface area contributed by atoms with Gasteiger partial charge in [0.05, 0.1) is 11.9 Å². The lowest BCUT2D eigenvalue weighted by molar-refractivity contribution is 0.331. The summed E-state index contributed by atoms with van der Waals surface area (Å²) in [5.74, 6) is 0.635. The Bertz CT molecular complexity index is 866. The van der Waals surface area contributed by atoms with Crippen molar-refractivity contribution in [1.82, 2.24) is 24.6 Å². The highest BCUT2D eigenvalue weighted by Gasteiger charge is 2.11. The van der Waals surface area contributed by atoms with Crippen LogP contribution in [0, 0.1) is 0 Å². The third-order valence-corrected chi connectivity index (χ3v) is 4.70. The van der Waals surface area contributed by atoms with Gasteiger partial charge in [-0.15, -0.1) is 0 Å². The van der Waals surface area contributed by atoms with E-state index in [9.17, 15) is 0 Å². The molecule has 0 amide bonds. The van der Waals surface area contributed by atoms with Crippen LogP contribution >= 0.6 is 0 Å². The van der Waals surface area contributed by atoms with E-state index in [1.807, 2.05) is 25.5 Å². The van der Waals surface area contributed by atoms with Gasteiger partial charge in [-0.2, -0.15) is 5.10 Å². The third-order valence-electron chi connectivity index (χ3n) is 4.70. The highest BCUT2D eigenvalue weighted by Crippen LogP contribution is 2.17. The van der Waals surface area contributed by atoms with Gasteiger partial charge in [0, 0.05) is 38.1 Å². The summed E-state index contributed by atoms with van der Waals surface area (Å²) in [6, 6.07) is 10.7. The zero-order chi connectivity index (χ0) is 17.8. The summed E-state index contributed by atoms with van der Waals surface area (Å²) in [5.41, 5.74) is 4.48. The molecule has 1 aliphatic heterocycles. The Morgan fingerprint density at radius 1 is 1.12 bits per heavy atom. The average molecular weight is 348 g/mol. The van der Waals surface area contributed by atoms with Crippen LogP contribution in [0.15, 0.2) is 48.9 Å². The maximum atomic E-state index is 4.59. The van der Waals surface area contributed by atoms with Crippen LogP contribution in [0.2, 0.25) is 0 Å². The molecule has 3 aromatic rings. The lowest BCUT2D eigenvalue weighted by Gasteiger charge is -2.15. The lowest BCUT2D eigenvalue weighted by atomic mass is 10.1.